The summed E-state index contributed by atoms with van der Waals surface area (Å²) >= 11 is 0. The molecule has 1 aliphatic heterocycles. The number of aliphatic hydroxyl groups is 1. The first kappa shape index (κ1) is 20.6. The fourth-order valence-corrected chi connectivity index (χ4v) is 3.87. The Balaban J connectivity index is 1.62. The van der Waals surface area contributed by atoms with Gasteiger partial charge >= 0.3 is 0 Å². The summed E-state index contributed by atoms with van der Waals surface area (Å²) in [7, 11) is 1.76. The second-order valence-electron chi connectivity index (χ2n) is 8.37. The smallest absolute Gasteiger partial charge is 0.253 e. The van der Waals surface area contributed by atoms with Gasteiger partial charge in [0.1, 0.15) is 0 Å². The highest BCUT2D eigenvalue weighted by Gasteiger charge is 2.37. The average molecular weight is 382 g/mol. The van der Waals surface area contributed by atoms with Gasteiger partial charge < -0.3 is 14.7 Å². The fraction of sp³-hybridized carbons (Fsp3) is 0.458. The van der Waals surface area contributed by atoms with Crippen LogP contribution in [-0.4, -0.2) is 41.7 Å². The molecular formula is C24H31NO3. The summed E-state index contributed by atoms with van der Waals surface area (Å²) in [5.41, 5.74) is 2.06. The van der Waals surface area contributed by atoms with Gasteiger partial charge in [0, 0.05) is 25.8 Å². The number of carbonyl (C=O) groups is 1. The first-order valence-electron chi connectivity index (χ1n) is 10.0. The Bertz CT molecular complexity index is 770. The molecule has 0 bridgehead atoms. The number of likely N-dealkylation sites (tertiary alicyclic amines) is 1. The Morgan fingerprint density at radius 2 is 1.68 bits per heavy atom. The van der Waals surface area contributed by atoms with E-state index in [-0.39, 0.29) is 11.5 Å². The molecule has 0 radical (unpaired) electrons. The molecular weight excluding hydrogens is 350 g/mol. The molecule has 2 aromatic rings. The number of piperidine rings is 1. The molecule has 1 fully saturated rings. The third-order valence-electron chi connectivity index (χ3n) is 5.78. The van der Waals surface area contributed by atoms with Crippen molar-refractivity contribution in [1.82, 2.24) is 4.90 Å². The normalized spacial score (nSPS) is 16.8. The predicted molar refractivity (Wildman–Crippen MR) is 111 cm³/mol. The molecule has 1 heterocycles. The molecule has 4 heteroatoms. The number of rotatable bonds is 6. The van der Waals surface area contributed by atoms with Gasteiger partial charge in [-0.05, 0) is 62.8 Å². The minimum Gasteiger partial charge on any atom is -0.390 e. The van der Waals surface area contributed by atoms with Crippen LogP contribution in [0.3, 0.4) is 0 Å². The van der Waals surface area contributed by atoms with Gasteiger partial charge in [-0.2, -0.15) is 0 Å². The number of carbonyl (C=O) groups excluding carboxylic acids is 1. The van der Waals surface area contributed by atoms with E-state index in [4.69, 9.17) is 4.74 Å². The molecule has 1 saturated heterocycles. The van der Waals surface area contributed by atoms with Crippen molar-refractivity contribution < 1.29 is 14.6 Å². The van der Waals surface area contributed by atoms with Gasteiger partial charge in [-0.3, -0.25) is 4.79 Å². The van der Waals surface area contributed by atoms with E-state index >= 15 is 0 Å². The Morgan fingerprint density at radius 1 is 1.07 bits per heavy atom. The van der Waals surface area contributed by atoms with Crippen molar-refractivity contribution in [2.24, 2.45) is 0 Å². The number of hydrogen-bond acceptors (Lipinski definition) is 3. The van der Waals surface area contributed by atoms with Gasteiger partial charge in [0.05, 0.1) is 11.2 Å². The lowest BCUT2D eigenvalue weighted by Crippen LogP contribution is -2.46. The highest BCUT2D eigenvalue weighted by atomic mass is 16.5. The van der Waals surface area contributed by atoms with Crippen LogP contribution in [-0.2, 0) is 16.8 Å². The van der Waals surface area contributed by atoms with E-state index in [9.17, 15) is 9.90 Å². The quantitative estimate of drug-likeness (QED) is 0.817. The fourth-order valence-electron chi connectivity index (χ4n) is 3.87. The van der Waals surface area contributed by atoms with Crippen molar-refractivity contribution in [3.05, 3.63) is 71.3 Å². The minimum atomic E-state index is -0.672. The first-order chi connectivity index (χ1) is 13.3. The summed E-state index contributed by atoms with van der Waals surface area (Å²) in [6.45, 7) is 5.00. The van der Waals surface area contributed by atoms with Crippen LogP contribution in [0, 0.1) is 0 Å². The second kappa shape index (κ2) is 8.46. The molecule has 0 aliphatic carbocycles. The zero-order chi connectivity index (χ0) is 20.2. The van der Waals surface area contributed by atoms with Crippen LogP contribution in [0.2, 0.25) is 0 Å². The average Bonchev–Trinajstić information content (AvgIpc) is 2.72. The molecule has 4 nitrogen and oxygen atoms in total. The van der Waals surface area contributed by atoms with E-state index in [2.05, 4.69) is 12.1 Å². The maximum absolute atomic E-state index is 12.9. The largest absolute Gasteiger partial charge is 0.390 e. The van der Waals surface area contributed by atoms with Gasteiger partial charge in [-0.15, -0.1) is 0 Å². The van der Waals surface area contributed by atoms with Crippen LogP contribution < -0.4 is 0 Å². The Morgan fingerprint density at radius 3 is 2.21 bits per heavy atom. The van der Waals surface area contributed by atoms with Crippen molar-refractivity contribution in [1.29, 1.82) is 0 Å². The van der Waals surface area contributed by atoms with Gasteiger partial charge in [0.15, 0.2) is 0 Å². The van der Waals surface area contributed by atoms with Crippen LogP contribution in [0.25, 0.3) is 0 Å². The lowest BCUT2D eigenvalue weighted by molar-refractivity contribution is -0.0574. The molecule has 0 atom stereocenters. The van der Waals surface area contributed by atoms with E-state index < -0.39 is 5.60 Å². The molecule has 0 unspecified atom stereocenters. The molecule has 1 aliphatic rings. The SMILES string of the molecule is COC1(c2ccccc2)CCN(C(=O)c2ccc(CCC(C)(C)O)cc2)CC1. The summed E-state index contributed by atoms with van der Waals surface area (Å²) in [5, 5.41) is 9.87. The number of benzene rings is 2. The van der Waals surface area contributed by atoms with Crippen LogP contribution in [0.15, 0.2) is 54.6 Å². The first-order valence-corrected chi connectivity index (χ1v) is 10.0. The number of aryl methyl sites for hydroxylation is 1. The van der Waals surface area contributed by atoms with Crippen molar-refractivity contribution in [2.75, 3.05) is 20.2 Å². The number of ether oxygens (including phenoxy) is 1. The summed E-state index contributed by atoms with van der Waals surface area (Å²) in [6.07, 6.45) is 3.09. The molecule has 1 amide bonds. The molecule has 2 aromatic carbocycles. The molecule has 3 rings (SSSR count). The van der Waals surface area contributed by atoms with Gasteiger partial charge in [-0.1, -0.05) is 42.5 Å². The maximum Gasteiger partial charge on any atom is 0.253 e. The maximum atomic E-state index is 12.9. The molecule has 0 saturated carbocycles. The summed E-state index contributed by atoms with van der Waals surface area (Å²) < 4.78 is 5.91. The third-order valence-corrected chi connectivity index (χ3v) is 5.78. The van der Waals surface area contributed by atoms with Gasteiger partial charge in [0.2, 0.25) is 0 Å². The lowest BCUT2D eigenvalue weighted by Gasteiger charge is -2.41. The van der Waals surface area contributed by atoms with Crippen molar-refractivity contribution >= 4 is 5.91 Å². The topological polar surface area (TPSA) is 49.8 Å². The van der Waals surface area contributed by atoms with E-state index in [1.54, 1.807) is 7.11 Å². The van der Waals surface area contributed by atoms with E-state index in [0.29, 0.717) is 19.5 Å². The summed E-state index contributed by atoms with van der Waals surface area (Å²) in [6, 6.07) is 18.1. The lowest BCUT2D eigenvalue weighted by atomic mass is 9.84. The van der Waals surface area contributed by atoms with Gasteiger partial charge in [-0.25, -0.2) is 0 Å². The van der Waals surface area contributed by atoms with Crippen LogP contribution >= 0.6 is 0 Å². The van der Waals surface area contributed by atoms with Crippen LogP contribution in [0.4, 0.5) is 0 Å². The third kappa shape index (κ3) is 4.81. The molecule has 1 N–H and O–H groups in total. The number of amides is 1. The standard InChI is InChI=1S/C24H31NO3/c1-23(2,27)14-13-19-9-11-20(12-10-19)22(26)25-17-15-24(28-3,16-18-25)21-7-5-4-6-8-21/h4-12,27H,13-18H2,1-3H3. The molecule has 0 spiro atoms. The zero-order valence-electron chi connectivity index (χ0n) is 17.1. The Hall–Kier alpha value is -2.17. The highest BCUT2D eigenvalue weighted by Crippen LogP contribution is 2.36. The van der Waals surface area contributed by atoms with Crippen molar-refractivity contribution in [3.63, 3.8) is 0 Å². The van der Waals surface area contributed by atoms with Crippen LogP contribution in [0.5, 0.6) is 0 Å². The van der Waals surface area contributed by atoms with E-state index in [1.165, 1.54) is 5.56 Å². The van der Waals surface area contributed by atoms with E-state index in [1.807, 2.05) is 61.2 Å². The number of nitrogens with zero attached hydrogens (tertiary/aromatic N) is 1. The Labute approximate surface area is 168 Å². The monoisotopic (exact) mass is 381 g/mol. The highest BCUT2D eigenvalue weighted by molar-refractivity contribution is 5.94. The predicted octanol–water partition coefficient (Wildman–Crippen LogP) is 4.17. The molecule has 28 heavy (non-hydrogen) atoms. The minimum absolute atomic E-state index is 0.0757. The summed E-state index contributed by atoms with van der Waals surface area (Å²) in [5.74, 6) is 0.0757. The second-order valence-corrected chi connectivity index (χ2v) is 8.37. The van der Waals surface area contributed by atoms with E-state index in [0.717, 1.165) is 30.4 Å². The van der Waals surface area contributed by atoms with Crippen molar-refractivity contribution in [2.45, 2.75) is 50.7 Å². The van der Waals surface area contributed by atoms with Crippen molar-refractivity contribution in [3.8, 4) is 0 Å². The molecule has 150 valence electrons. The Kier molecular flexibility index (Phi) is 6.21. The van der Waals surface area contributed by atoms with Crippen LogP contribution in [0.1, 0.15) is 54.6 Å². The summed E-state index contributed by atoms with van der Waals surface area (Å²) in [4.78, 5) is 14.8. The number of hydrogen-bond donors (Lipinski definition) is 1. The number of methoxy groups -OCH3 is 1. The van der Waals surface area contributed by atoms with Gasteiger partial charge in [0.25, 0.3) is 5.91 Å². The molecule has 0 aromatic heterocycles. The zero-order valence-corrected chi connectivity index (χ0v) is 17.1.